The molecule has 0 radical (unpaired) electrons. The molecule has 2 fully saturated rings. The fourth-order valence-corrected chi connectivity index (χ4v) is 2.89. The average molecular weight is 297 g/mol. The normalized spacial score (nSPS) is 23.9. The smallest absolute Gasteiger partial charge is 0.224 e. The van der Waals surface area contributed by atoms with Gasteiger partial charge in [-0.15, -0.1) is 0 Å². The van der Waals surface area contributed by atoms with E-state index in [1.54, 1.807) is 0 Å². The second-order valence-corrected chi connectivity index (χ2v) is 5.90. The van der Waals surface area contributed by atoms with Gasteiger partial charge in [-0.2, -0.15) is 0 Å². The van der Waals surface area contributed by atoms with Gasteiger partial charge in [0.1, 0.15) is 0 Å². The lowest BCUT2D eigenvalue weighted by Gasteiger charge is -2.34. The molecule has 120 valence electrons. The number of piperidine rings is 1. The van der Waals surface area contributed by atoms with E-state index in [1.807, 2.05) is 11.8 Å². The van der Waals surface area contributed by atoms with Crippen LogP contribution in [0.3, 0.4) is 0 Å². The molecule has 0 aromatic carbocycles. The van der Waals surface area contributed by atoms with Crippen LogP contribution in [-0.2, 0) is 14.3 Å². The van der Waals surface area contributed by atoms with Gasteiger partial charge in [0.15, 0.2) is 0 Å². The van der Waals surface area contributed by atoms with Crippen molar-refractivity contribution >= 4 is 11.8 Å². The highest BCUT2D eigenvalue weighted by Crippen LogP contribution is 2.13. The first-order valence-electron chi connectivity index (χ1n) is 8.07. The van der Waals surface area contributed by atoms with E-state index in [0.29, 0.717) is 19.4 Å². The van der Waals surface area contributed by atoms with Gasteiger partial charge in [0.05, 0.1) is 13.2 Å². The van der Waals surface area contributed by atoms with E-state index in [9.17, 15) is 9.59 Å². The van der Waals surface area contributed by atoms with Crippen LogP contribution in [0.15, 0.2) is 0 Å². The molecule has 0 saturated carbocycles. The number of carbonyl (C=O) groups is 2. The summed E-state index contributed by atoms with van der Waals surface area (Å²) in [4.78, 5) is 25.7. The molecule has 6 nitrogen and oxygen atoms in total. The Bertz CT molecular complexity index is 348. The summed E-state index contributed by atoms with van der Waals surface area (Å²) in [5.41, 5.74) is 0. The molecule has 2 aliphatic rings. The van der Waals surface area contributed by atoms with Crippen molar-refractivity contribution in [2.24, 2.45) is 0 Å². The van der Waals surface area contributed by atoms with Crippen LogP contribution in [-0.4, -0.2) is 61.6 Å². The number of morpholine rings is 1. The number of amides is 2. The van der Waals surface area contributed by atoms with Crippen molar-refractivity contribution < 1.29 is 14.3 Å². The largest absolute Gasteiger partial charge is 0.378 e. The maximum atomic E-state index is 12.2. The zero-order chi connectivity index (χ0) is 15.1. The lowest BCUT2D eigenvalue weighted by molar-refractivity contribution is -0.133. The summed E-state index contributed by atoms with van der Waals surface area (Å²) < 4.78 is 5.37. The summed E-state index contributed by atoms with van der Waals surface area (Å²) in [6.07, 6.45) is 3.69. The summed E-state index contributed by atoms with van der Waals surface area (Å²) in [6, 6.07) is 0.373. The standard InChI is InChI=1S/C15H27N3O3/c1-2-3-14(19)17-12-4-7-18(8-5-12)15(20)10-13-11-21-9-6-16-13/h12-13,16H,2-11H2,1H3,(H,17,19). The maximum Gasteiger partial charge on any atom is 0.224 e. The molecule has 0 aliphatic carbocycles. The van der Waals surface area contributed by atoms with Gasteiger partial charge in [-0.05, 0) is 19.3 Å². The first-order chi connectivity index (χ1) is 10.2. The van der Waals surface area contributed by atoms with Crippen LogP contribution in [0.25, 0.3) is 0 Å². The topological polar surface area (TPSA) is 70.7 Å². The molecule has 2 amide bonds. The van der Waals surface area contributed by atoms with Gasteiger partial charge < -0.3 is 20.3 Å². The molecule has 2 heterocycles. The maximum absolute atomic E-state index is 12.2. The molecule has 21 heavy (non-hydrogen) atoms. The number of ether oxygens (including phenoxy) is 1. The monoisotopic (exact) mass is 297 g/mol. The molecular formula is C15H27N3O3. The molecule has 0 spiro atoms. The molecule has 0 bridgehead atoms. The fourth-order valence-electron chi connectivity index (χ4n) is 2.89. The highest BCUT2D eigenvalue weighted by atomic mass is 16.5. The summed E-state index contributed by atoms with van der Waals surface area (Å²) in [6.45, 7) is 5.66. The van der Waals surface area contributed by atoms with E-state index in [4.69, 9.17) is 4.74 Å². The highest BCUT2D eigenvalue weighted by molar-refractivity contribution is 5.77. The Hall–Kier alpha value is -1.14. The van der Waals surface area contributed by atoms with Crippen molar-refractivity contribution in [2.45, 2.75) is 51.1 Å². The van der Waals surface area contributed by atoms with Crippen LogP contribution in [0, 0.1) is 0 Å². The first-order valence-corrected chi connectivity index (χ1v) is 8.07. The van der Waals surface area contributed by atoms with Crippen LogP contribution in [0.5, 0.6) is 0 Å². The third-order valence-electron chi connectivity index (χ3n) is 4.11. The summed E-state index contributed by atoms with van der Waals surface area (Å²) >= 11 is 0. The predicted molar refractivity (Wildman–Crippen MR) is 79.9 cm³/mol. The number of hydrogen-bond donors (Lipinski definition) is 2. The number of nitrogens with zero attached hydrogens (tertiary/aromatic N) is 1. The van der Waals surface area contributed by atoms with Crippen LogP contribution in [0.1, 0.15) is 39.0 Å². The van der Waals surface area contributed by atoms with Gasteiger partial charge in [0, 0.05) is 44.6 Å². The zero-order valence-corrected chi connectivity index (χ0v) is 12.9. The number of nitrogens with one attached hydrogen (secondary N) is 2. The minimum atomic E-state index is 0.130. The predicted octanol–water partition coefficient (Wildman–Crippen LogP) is 0.272. The highest BCUT2D eigenvalue weighted by Gasteiger charge is 2.26. The van der Waals surface area contributed by atoms with Crippen molar-refractivity contribution in [3.63, 3.8) is 0 Å². The lowest BCUT2D eigenvalue weighted by atomic mass is 10.0. The van der Waals surface area contributed by atoms with Crippen molar-refractivity contribution in [2.75, 3.05) is 32.8 Å². The summed E-state index contributed by atoms with van der Waals surface area (Å²) in [5, 5.41) is 6.36. The van der Waals surface area contributed by atoms with E-state index in [0.717, 1.165) is 45.5 Å². The Kier molecular flexibility index (Phi) is 6.45. The fraction of sp³-hybridized carbons (Fsp3) is 0.867. The molecule has 0 aromatic heterocycles. The molecule has 2 saturated heterocycles. The Labute approximate surface area is 126 Å². The number of hydrogen-bond acceptors (Lipinski definition) is 4. The van der Waals surface area contributed by atoms with Crippen LogP contribution in [0.4, 0.5) is 0 Å². The van der Waals surface area contributed by atoms with E-state index in [2.05, 4.69) is 10.6 Å². The van der Waals surface area contributed by atoms with Crippen molar-refractivity contribution in [1.82, 2.24) is 15.5 Å². The molecule has 6 heteroatoms. The van der Waals surface area contributed by atoms with Gasteiger partial charge in [-0.25, -0.2) is 0 Å². The number of likely N-dealkylation sites (tertiary alicyclic amines) is 1. The molecule has 1 atom stereocenters. The Morgan fingerprint density at radius 2 is 2.10 bits per heavy atom. The second kappa shape index (κ2) is 8.34. The average Bonchev–Trinajstić information content (AvgIpc) is 2.49. The molecule has 0 aromatic rings. The van der Waals surface area contributed by atoms with Gasteiger partial charge in [-0.1, -0.05) is 6.92 Å². The van der Waals surface area contributed by atoms with Crippen molar-refractivity contribution in [3.8, 4) is 0 Å². The van der Waals surface area contributed by atoms with E-state index < -0.39 is 0 Å². The minimum Gasteiger partial charge on any atom is -0.378 e. The van der Waals surface area contributed by atoms with Gasteiger partial charge in [-0.3, -0.25) is 9.59 Å². The summed E-state index contributed by atoms with van der Waals surface area (Å²) in [5.74, 6) is 0.321. The SMILES string of the molecule is CCCC(=O)NC1CCN(C(=O)CC2COCCN2)CC1. The zero-order valence-electron chi connectivity index (χ0n) is 12.9. The molecule has 1 unspecified atom stereocenters. The molecule has 2 rings (SSSR count). The second-order valence-electron chi connectivity index (χ2n) is 5.90. The van der Waals surface area contributed by atoms with Gasteiger partial charge in [0.25, 0.3) is 0 Å². The first kappa shape index (κ1) is 16.2. The molecular weight excluding hydrogens is 270 g/mol. The Morgan fingerprint density at radius 1 is 1.33 bits per heavy atom. The van der Waals surface area contributed by atoms with Crippen LogP contribution >= 0.6 is 0 Å². The van der Waals surface area contributed by atoms with E-state index in [-0.39, 0.29) is 23.9 Å². The number of rotatable bonds is 5. The Morgan fingerprint density at radius 3 is 2.71 bits per heavy atom. The molecule has 2 N–H and O–H groups in total. The van der Waals surface area contributed by atoms with E-state index >= 15 is 0 Å². The van der Waals surface area contributed by atoms with Crippen molar-refractivity contribution in [3.05, 3.63) is 0 Å². The van der Waals surface area contributed by atoms with Gasteiger partial charge in [0.2, 0.25) is 11.8 Å². The van der Waals surface area contributed by atoms with Crippen LogP contribution in [0.2, 0.25) is 0 Å². The van der Waals surface area contributed by atoms with E-state index in [1.165, 1.54) is 0 Å². The Balaban J connectivity index is 1.67. The quantitative estimate of drug-likeness (QED) is 0.764. The van der Waals surface area contributed by atoms with Gasteiger partial charge >= 0.3 is 0 Å². The van der Waals surface area contributed by atoms with Crippen molar-refractivity contribution in [1.29, 1.82) is 0 Å². The minimum absolute atomic E-state index is 0.130. The lowest BCUT2D eigenvalue weighted by Crippen LogP contribution is -2.49. The summed E-state index contributed by atoms with van der Waals surface area (Å²) in [7, 11) is 0. The molecule has 2 aliphatic heterocycles. The number of carbonyl (C=O) groups excluding carboxylic acids is 2. The third kappa shape index (κ3) is 5.28. The third-order valence-corrected chi connectivity index (χ3v) is 4.11. The van der Waals surface area contributed by atoms with Crippen LogP contribution < -0.4 is 10.6 Å².